The minimum Gasteiger partial charge on any atom is -0.446 e. The van der Waals surface area contributed by atoms with Gasteiger partial charge in [0.1, 0.15) is 17.3 Å². The lowest BCUT2D eigenvalue weighted by molar-refractivity contribution is -0.401. The molecule has 1 aromatic heterocycles. The first-order valence-electron chi connectivity index (χ1n) is 9.76. The normalized spacial score (nSPS) is 18.6. The van der Waals surface area contributed by atoms with Crippen LogP contribution in [0.25, 0.3) is 0 Å². The van der Waals surface area contributed by atoms with Gasteiger partial charge < -0.3 is 29.4 Å². The Balaban J connectivity index is 1.38. The number of hydrogen-bond acceptors (Lipinski definition) is 9. The van der Waals surface area contributed by atoms with Gasteiger partial charge in [0.05, 0.1) is 24.0 Å². The summed E-state index contributed by atoms with van der Waals surface area (Å²) in [4.78, 5) is 37.9. The number of amides is 2. The van der Waals surface area contributed by atoms with Crippen LogP contribution in [-0.4, -0.2) is 62.5 Å². The van der Waals surface area contributed by atoms with E-state index in [4.69, 9.17) is 14.9 Å². The molecular weight excluding hydrogens is 429 g/mol. The van der Waals surface area contributed by atoms with Crippen molar-refractivity contribution in [2.45, 2.75) is 6.10 Å². The van der Waals surface area contributed by atoms with Gasteiger partial charge in [0.25, 0.3) is 0 Å². The highest BCUT2D eigenvalue weighted by atomic mass is 19.1. The molecule has 2 fully saturated rings. The molecule has 0 unspecified atom stereocenters. The Labute approximate surface area is 181 Å². The van der Waals surface area contributed by atoms with Crippen LogP contribution in [0.3, 0.4) is 0 Å². The highest BCUT2D eigenvalue weighted by molar-refractivity contribution is 5.90. The summed E-state index contributed by atoms with van der Waals surface area (Å²) in [5, 5.41) is 10.8. The fourth-order valence-corrected chi connectivity index (χ4v) is 3.67. The molecule has 0 aliphatic carbocycles. The molecule has 1 aromatic carbocycles. The monoisotopic (exact) mass is 449 g/mol. The fourth-order valence-electron chi connectivity index (χ4n) is 3.67. The van der Waals surface area contributed by atoms with E-state index in [9.17, 15) is 24.1 Å². The molecule has 2 aliphatic rings. The van der Waals surface area contributed by atoms with Gasteiger partial charge in [0, 0.05) is 32.2 Å². The van der Waals surface area contributed by atoms with E-state index in [0.717, 1.165) is 0 Å². The minimum atomic E-state index is -0.972. The molecule has 4 rings (SSSR count). The third-order valence-electron chi connectivity index (χ3n) is 5.22. The molecular formula is C19H20FN5O7. The van der Waals surface area contributed by atoms with E-state index in [1.54, 1.807) is 18.2 Å². The zero-order valence-electron chi connectivity index (χ0n) is 16.8. The lowest BCUT2D eigenvalue weighted by Gasteiger charge is -2.36. The predicted molar refractivity (Wildman–Crippen MR) is 109 cm³/mol. The summed E-state index contributed by atoms with van der Waals surface area (Å²) < 4.78 is 29.8. The zero-order chi connectivity index (χ0) is 22.8. The summed E-state index contributed by atoms with van der Waals surface area (Å²) in [6.45, 7) is 1.85. The van der Waals surface area contributed by atoms with Gasteiger partial charge in [-0.15, -0.1) is 0 Å². The van der Waals surface area contributed by atoms with Crippen molar-refractivity contribution >= 4 is 35.3 Å². The third-order valence-corrected chi connectivity index (χ3v) is 5.22. The highest BCUT2D eigenvalue weighted by Crippen LogP contribution is 2.30. The Morgan fingerprint density at radius 3 is 2.56 bits per heavy atom. The molecule has 32 heavy (non-hydrogen) atoms. The van der Waals surface area contributed by atoms with Crippen LogP contribution in [0.5, 0.6) is 0 Å². The first-order valence-corrected chi connectivity index (χ1v) is 9.76. The van der Waals surface area contributed by atoms with Crippen LogP contribution in [0, 0.1) is 15.9 Å². The smallest absolute Gasteiger partial charge is 0.434 e. The second-order valence-corrected chi connectivity index (χ2v) is 7.23. The molecule has 2 aliphatic heterocycles. The largest absolute Gasteiger partial charge is 0.446 e. The Hall–Kier alpha value is -4.03. The van der Waals surface area contributed by atoms with E-state index in [-0.39, 0.29) is 19.0 Å². The minimum absolute atomic E-state index is 0.0961. The molecule has 3 heterocycles. The Kier molecular flexibility index (Phi) is 5.71. The summed E-state index contributed by atoms with van der Waals surface area (Å²) >= 11 is 0. The molecule has 170 valence electrons. The summed E-state index contributed by atoms with van der Waals surface area (Å²) in [7, 11) is 0. The number of piperazine rings is 1. The van der Waals surface area contributed by atoms with E-state index >= 15 is 0 Å². The lowest BCUT2D eigenvalue weighted by atomic mass is 10.2. The van der Waals surface area contributed by atoms with Crippen molar-refractivity contribution in [3.05, 3.63) is 46.3 Å². The van der Waals surface area contributed by atoms with Crippen LogP contribution in [0.4, 0.5) is 37.1 Å². The molecule has 2 aromatic rings. The van der Waals surface area contributed by atoms with Crippen molar-refractivity contribution in [2.24, 2.45) is 5.73 Å². The number of anilines is 3. The van der Waals surface area contributed by atoms with Gasteiger partial charge in [-0.1, -0.05) is 0 Å². The Bertz CT molecular complexity index is 1040. The first kappa shape index (κ1) is 21.2. The van der Waals surface area contributed by atoms with Gasteiger partial charge in [0.2, 0.25) is 5.88 Å². The van der Waals surface area contributed by atoms with Crippen molar-refractivity contribution in [1.29, 1.82) is 0 Å². The molecule has 0 saturated carbocycles. The maximum absolute atomic E-state index is 14.9. The van der Waals surface area contributed by atoms with Crippen LogP contribution in [0.15, 0.2) is 34.7 Å². The quantitative estimate of drug-likeness (QED) is 0.517. The van der Waals surface area contributed by atoms with E-state index < -0.39 is 29.0 Å². The Morgan fingerprint density at radius 2 is 1.94 bits per heavy atom. The molecule has 13 heteroatoms. The molecule has 1 atom stereocenters. The fraction of sp³-hybridized carbons (Fsp3) is 0.368. The second-order valence-electron chi connectivity index (χ2n) is 7.23. The average Bonchev–Trinajstić information content (AvgIpc) is 3.39. The average molecular weight is 449 g/mol. The highest BCUT2D eigenvalue weighted by Gasteiger charge is 2.34. The number of carbonyl (C=O) groups is 2. The standard InChI is InChI=1S/C19H20FN5O7/c20-14-9-12(24-10-13(31-19(24)27)11-30-18(21)26)1-2-15(14)22-5-7-23(8-6-22)16-3-4-17(32-16)25(28)29/h1-4,9,13H,5-8,10-11H2,(H2,21,26)/t13-/m0/s1. The molecule has 2 amide bonds. The molecule has 0 spiro atoms. The van der Waals surface area contributed by atoms with Crippen molar-refractivity contribution in [1.82, 2.24) is 0 Å². The van der Waals surface area contributed by atoms with Crippen molar-refractivity contribution in [3.8, 4) is 0 Å². The molecule has 0 bridgehead atoms. The first-order chi connectivity index (χ1) is 15.3. The van der Waals surface area contributed by atoms with E-state index in [0.29, 0.717) is 43.4 Å². The van der Waals surface area contributed by atoms with Crippen molar-refractivity contribution in [3.63, 3.8) is 0 Å². The number of ether oxygens (including phenoxy) is 2. The number of nitrogens with two attached hydrogens (primary N) is 1. The zero-order valence-corrected chi connectivity index (χ0v) is 16.8. The van der Waals surface area contributed by atoms with E-state index in [1.807, 2.05) is 9.80 Å². The van der Waals surface area contributed by atoms with Crippen LogP contribution >= 0.6 is 0 Å². The lowest BCUT2D eigenvalue weighted by Crippen LogP contribution is -2.46. The second kappa shape index (κ2) is 8.61. The van der Waals surface area contributed by atoms with Gasteiger partial charge in [-0.2, -0.15) is 0 Å². The number of benzene rings is 1. The van der Waals surface area contributed by atoms with E-state index in [2.05, 4.69) is 4.74 Å². The third kappa shape index (κ3) is 4.36. The van der Waals surface area contributed by atoms with Crippen molar-refractivity contribution < 1.29 is 32.8 Å². The van der Waals surface area contributed by atoms with Crippen LogP contribution < -0.4 is 20.4 Å². The Morgan fingerprint density at radius 1 is 1.22 bits per heavy atom. The number of halogens is 1. The number of nitro groups is 1. The van der Waals surface area contributed by atoms with Crippen molar-refractivity contribution in [2.75, 3.05) is 54.0 Å². The maximum Gasteiger partial charge on any atom is 0.434 e. The van der Waals surface area contributed by atoms with E-state index in [1.165, 1.54) is 17.0 Å². The molecule has 2 N–H and O–H groups in total. The molecule has 0 radical (unpaired) electrons. The summed E-state index contributed by atoms with van der Waals surface area (Å²) in [5.41, 5.74) is 5.60. The number of rotatable bonds is 6. The number of nitrogens with zero attached hydrogens (tertiary/aromatic N) is 4. The predicted octanol–water partition coefficient (Wildman–Crippen LogP) is 2.07. The number of hydrogen-bond donors (Lipinski definition) is 1. The van der Waals surface area contributed by atoms with Gasteiger partial charge in [0.15, 0.2) is 6.10 Å². The number of carbonyl (C=O) groups excluding carboxylic acids is 2. The number of primary amides is 1. The summed E-state index contributed by atoms with van der Waals surface area (Å²) in [5.74, 6) is -0.434. The van der Waals surface area contributed by atoms with Gasteiger partial charge in [-0.3, -0.25) is 15.0 Å². The van der Waals surface area contributed by atoms with Crippen LogP contribution in [0.2, 0.25) is 0 Å². The topological polar surface area (TPSA) is 145 Å². The van der Waals surface area contributed by atoms with Gasteiger partial charge in [-0.25, -0.2) is 14.0 Å². The van der Waals surface area contributed by atoms with Gasteiger partial charge in [-0.05, 0) is 18.2 Å². The van der Waals surface area contributed by atoms with Gasteiger partial charge >= 0.3 is 18.1 Å². The molecule has 2 saturated heterocycles. The number of cyclic esters (lactones) is 1. The summed E-state index contributed by atoms with van der Waals surface area (Å²) in [6, 6.07) is 7.28. The maximum atomic E-state index is 14.9. The SMILES string of the molecule is NC(=O)OC[C@@H]1CN(c2ccc(N3CCN(c4ccc([N+](=O)[O-])o4)CC3)c(F)c2)C(=O)O1. The number of furan rings is 1. The molecule has 12 nitrogen and oxygen atoms in total. The van der Waals surface area contributed by atoms with Crippen LogP contribution in [0.1, 0.15) is 0 Å². The summed E-state index contributed by atoms with van der Waals surface area (Å²) in [6.07, 6.45) is -2.33. The van der Waals surface area contributed by atoms with Crippen LogP contribution in [-0.2, 0) is 9.47 Å².